The number of unbranched alkanes of at least 4 members (excludes halogenated alkanes) is 5. The molecule has 0 aromatic heterocycles. The van der Waals surface area contributed by atoms with Crippen LogP contribution in [0.1, 0.15) is 175 Å². The van der Waals surface area contributed by atoms with E-state index in [-0.39, 0.29) is 19.3 Å². The number of aliphatic hydroxyl groups is 1. The normalized spacial score (nSPS) is 14.6. The summed E-state index contributed by atoms with van der Waals surface area (Å²) in [6, 6.07) is 0. The first-order chi connectivity index (χ1) is 36.2. The highest BCUT2D eigenvalue weighted by atomic mass is 31.2. The van der Waals surface area contributed by atoms with Crippen molar-refractivity contribution in [2.45, 2.75) is 187 Å². The molecule has 3 atom stereocenters. The first-order valence-corrected chi connectivity index (χ1v) is 28.9. The van der Waals surface area contributed by atoms with Crippen LogP contribution in [-0.2, 0) is 42.2 Å². The fourth-order valence-corrected chi connectivity index (χ4v) is 7.19. The molecule has 0 aromatic rings. The second kappa shape index (κ2) is 54.4. The molecule has 0 rings (SSSR count). The number of aliphatic hydroxyl groups excluding tert-OH is 1. The van der Waals surface area contributed by atoms with Gasteiger partial charge in [-0.05, 0) is 116 Å². The molecule has 0 fully saturated rings. The van der Waals surface area contributed by atoms with Gasteiger partial charge in [-0.1, -0.05) is 198 Å². The molecule has 74 heavy (non-hydrogen) atoms. The molecule has 0 spiro atoms. The number of allylic oxidation sites excluding steroid dienone is 26. The van der Waals surface area contributed by atoms with Gasteiger partial charge in [-0.25, -0.2) is 4.57 Å². The Morgan fingerprint density at radius 3 is 1.09 bits per heavy atom. The van der Waals surface area contributed by atoms with Gasteiger partial charge in [0.1, 0.15) is 12.7 Å². The molecular weight excluding hydrogens is 952 g/mol. The van der Waals surface area contributed by atoms with Crippen LogP contribution < -0.4 is 0 Å². The van der Waals surface area contributed by atoms with Gasteiger partial charge >= 0.3 is 25.7 Å². The maximum absolute atomic E-state index is 12.9. The van der Waals surface area contributed by atoms with E-state index >= 15 is 0 Å². The van der Waals surface area contributed by atoms with E-state index in [0.717, 1.165) is 116 Å². The SMILES string of the molecule is CC/C=C\C/C=C\C/C=C\C/C=C\C/C=C\C/C=C\CCC(=O)OCC(COP(=O)(O)OCC(CO)OC(=O)CC/C=C\C/C=C\C/C=C\C/C=C\CC)OC(=O)CCCCCCC/C=C\C/C=C\C/C=C\CC. The van der Waals surface area contributed by atoms with Crippen molar-refractivity contribution in [1.82, 2.24) is 0 Å². The molecule has 0 heterocycles. The van der Waals surface area contributed by atoms with Crippen molar-refractivity contribution in [3.05, 3.63) is 158 Å². The van der Waals surface area contributed by atoms with Gasteiger partial charge < -0.3 is 24.2 Å². The Morgan fingerprint density at radius 1 is 0.378 bits per heavy atom. The van der Waals surface area contributed by atoms with Gasteiger partial charge in [-0.3, -0.25) is 23.4 Å². The predicted octanol–water partition coefficient (Wildman–Crippen LogP) is 16.1. The van der Waals surface area contributed by atoms with Gasteiger partial charge in [-0.2, -0.15) is 0 Å². The lowest BCUT2D eigenvalue weighted by Crippen LogP contribution is -2.30. The summed E-state index contributed by atoms with van der Waals surface area (Å²) in [5.74, 6) is -1.70. The van der Waals surface area contributed by atoms with Crippen molar-refractivity contribution in [3.63, 3.8) is 0 Å². The standard InChI is InChI=1S/C62H95O11P/c1-4-7-10-13-16-19-22-25-27-28-29-30-32-34-36-39-42-45-48-51-60(64)69-55-59(73-62(66)53-50-47-44-41-38-35-31-26-23-20-17-14-11-8-5-2)57-71-74(67,68)70-56-58(54-63)72-61(65)52-49-46-43-40-37-33-24-21-18-15-12-9-6-3/h7-12,16-21,25-27,29-31,33-34,36-37,42-43,45-46,58-59,63H,4-6,13-15,22-24,28,32,35,38-41,44,47-57H2,1-3H3,(H,67,68)/b10-7-,11-8-,12-9-,19-16-,20-17-,21-18-,27-25-,30-29-,31-26-,36-34-,37-33-,45-42-,46-43-. The van der Waals surface area contributed by atoms with Crippen LogP contribution in [-0.4, -0.2) is 66.5 Å². The Hall–Kier alpha value is -4.90. The minimum Gasteiger partial charge on any atom is -0.462 e. The highest BCUT2D eigenvalue weighted by molar-refractivity contribution is 7.47. The minimum atomic E-state index is -4.80. The summed E-state index contributed by atoms with van der Waals surface area (Å²) < 4.78 is 39.3. The molecule has 3 unspecified atom stereocenters. The number of carbonyl (C=O) groups is 3. The van der Waals surface area contributed by atoms with E-state index in [4.69, 9.17) is 23.3 Å². The lowest BCUT2D eigenvalue weighted by molar-refractivity contribution is -0.161. The largest absolute Gasteiger partial charge is 0.472 e. The maximum Gasteiger partial charge on any atom is 0.472 e. The quantitative estimate of drug-likeness (QED) is 0.0197. The zero-order chi connectivity index (χ0) is 54.1. The number of carbonyl (C=O) groups excluding carboxylic acids is 3. The number of ether oxygens (including phenoxy) is 3. The Balaban J connectivity index is 4.96. The van der Waals surface area contributed by atoms with Gasteiger partial charge in [0.2, 0.25) is 0 Å². The average Bonchev–Trinajstić information content (AvgIpc) is 3.39. The van der Waals surface area contributed by atoms with Crippen LogP contribution in [0.4, 0.5) is 0 Å². The van der Waals surface area contributed by atoms with Crippen molar-refractivity contribution in [2.75, 3.05) is 26.4 Å². The van der Waals surface area contributed by atoms with Gasteiger partial charge in [0, 0.05) is 19.3 Å². The van der Waals surface area contributed by atoms with Crippen LogP contribution in [0.25, 0.3) is 0 Å². The number of esters is 3. The molecule has 11 nitrogen and oxygen atoms in total. The highest BCUT2D eigenvalue weighted by Gasteiger charge is 2.28. The van der Waals surface area contributed by atoms with E-state index in [1.807, 2.05) is 30.4 Å². The summed E-state index contributed by atoms with van der Waals surface area (Å²) in [6.45, 7) is 4.07. The van der Waals surface area contributed by atoms with Gasteiger partial charge in [-0.15, -0.1) is 0 Å². The second-order valence-corrected chi connectivity index (χ2v) is 18.7. The molecule has 0 saturated heterocycles. The van der Waals surface area contributed by atoms with Crippen LogP contribution in [0, 0.1) is 0 Å². The summed E-state index contributed by atoms with van der Waals surface area (Å²) in [4.78, 5) is 48.4. The summed E-state index contributed by atoms with van der Waals surface area (Å²) in [6.07, 6.45) is 71.0. The lowest BCUT2D eigenvalue weighted by atomic mass is 10.1. The third-order valence-corrected chi connectivity index (χ3v) is 11.4. The predicted molar refractivity (Wildman–Crippen MR) is 306 cm³/mol. The fourth-order valence-electron chi connectivity index (χ4n) is 6.41. The number of rotatable bonds is 48. The average molecular weight is 1050 g/mol. The number of hydrogen-bond acceptors (Lipinski definition) is 10. The summed E-state index contributed by atoms with van der Waals surface area (Å²) >= 11 is 0. The molecule has 0 radical (unpaired) electrons. The fraction of sp³-hybridized carbons (Fsp3) is 0.532. The molecular formula is C62H95O11P. The van der Waals surface area contributed by atoms with Crippen LogP contribution in [0.2, 0.25) is 0 Å². The molecule has 0 aromatic carbocycles. The first-order valence-electron chi connectivity index (χ1n) is 27.4. The van der Waals surface area contributed by atoms with Crippen molar-refractivity contribution in [3.8, 4) is 0 Å². The molecule has 414 valence electrons. The van der Waals surface area contributed by atoms with E-state index in [9.17, 15) is 28.9 Å². The van der Waals surface area contributed by atoms with Crippen molar-refractivity contribution >= 4 is 25.7 Å². The van der Waals surface area contributed by atoms with Crippen LogP contribution >= 0.6 is 7.82 Å². The monoisotopic (exact) mass is 1050 g/mol. The molecule has 0 aliphatic rings. The van der Waals surface area contributed by atoms with Crippen molar-refractivity contribution in [1.29, 1.82) is 0 Å². The molecule has 0 saturated carbocycles. The Morgan fingerprint density at radius 2 is 0.689 bits per heavy atom. The Bertz CT molecular complexity index is 1840. The van der Waals surface area contributed by atoms with Crippen molar-refractivity contribution < 1.29 is 52.2 Å². The third kappa shape index (κ3) is 52.0. The summed E-state index contributed by atoms with van der Waals surface area (Å²) in [7, 11) is -4.80. The van der Waals surface area contributed by atoms with E-state index in [0.29, 0.717) is 19.3 Å². The van der Waals surface area contributed by atoms with Crippen LogP contribution in [0.5, 0.6) is 0 Å². The summed E-state index contributed by atoms with van der Waals surface area (Å²) in [5, 5.41) is 9.78. The molecule has 0 amide bonds. The van der Waals surface area contributed by atoms with Gasteiger partial charge in [0.15, 0.2) is 6.10 Å². The molecule has 2 N–H and O–H groups in total. The van der Waals surface area contributed by atoms with E-state index in [1.54, 1.807) is 0 Å². The maximum atomic E-state index is 12.9. The molecule has 0 bridgehead atoms. The lowest BCUT2D eigenvalue weighted by Gasteiger charge is -2.21. The topological polar surface area (TPSA) is 155 Å². The smallest absolute Gasteiger partial charge is 0.462 e. The summed E-state index contributed by atoms with van der Waals surface area (Å²) in [5.41, 5.74) is 0. The zero-order valence-electron chi connectivity index (χ0n) is 45.5. The van der Waals surface area contributed by atoms with E-state index in [1.165, 1.54) is 0 Å². The minimum absolute atomic E-state index is 0.0406. The second-order valence-electron chi connectivity index (χ2n) is 17.2. The Labute approximate surface area is 447 Å². The van der Waals surface area contributed by atoms with Crippen molar-refractivity contribution in [2.24, 2.45) is 0 Å². The van der Waals surface area contributed by atoms with E-state index < -0.39 is 64.4 Å². The molecule has 12 heteroatoms. The number of hydrogen-bond donors (Lipinski definition) is 2. The van der Waals surface area contributed by atoms with Crippen LogP contribution in [0.15, 0.2) is 158 Å². The van der Waals surface area contributed by atoms with Gasteiger partial charge in [0.05, 0.1) is 19.8 Å². The number of phosphoric ester groups is 1. The Kier molecular flexibility index (Phi) is 50.8. The highest BCUT2D eigenvalue weighted by Crippen LogP contribution is 2.43. The molecule has 0 aliphatic heterocycles. The third-order valence-electron chi connectivity index (χ3n) is 10.5. The van der Waals surface area contributed by atoms with E-state index in [2.05, 4.69) is 148 Å². The van der Waals surface area contributed by atoms with Gasteiger partial charge in [0.25, 0.3) is 0 Å². The van der Waals surface area contributed by atoms with Crippen LogP contribution in [0.3, 0.4) is 0 Å². The molecule has 0 aliphatic carbocycles. The zero-order valence-corrected chi connectivity index (χ0v) is 46.4. The number of phosphoric acid groups is 1. The first kappa shape index (κ1) is 69.1.